The number of hydrogen-bond acceptors (Lipinski definition) is 3. The second-order valence-corrected chi connectivity index (χ2v) is 5.00. The lowest BCUT2D eigenvalue weighted by Crippen LogP contribution is -2.04. The van der Waals surface area contributed by atoms with E-state index >= 15 is 0 Å². The first kappa shape index (κ1) is 10.5. The largest absolute Gasteiger partial charge is 0.376 e. The zero-order valence-corrected chi connectivity index (χ0v) is 10.1. The molecule has 3 nitrogen and oxygen atoms in total. The van der Waals surface area contributed by atoms with Crippen LogP contribution >= 0.6 is 22.9 Å². The number of aromatic nitrogens is 2. The minimum Gasteiger partial charge on any atom is -0.376 e. The number of thiophene rings is 1. The molecule has 1 N–H and O–H groups in total. The van der Waals surface area contributed by atoms with Gasteiger partial charge >= 0.3 is 0 Å². The molecule has 0 radical (unpaired) electrons. The van der Waals surface area contributed by atoms with E-state index in [0.717, 1.165) is 10.0 Å². The summed E-state index contributed by atoms with van der Waals surface area (Å²) in [6.45, 7) is 2.10. The van der Waals surface area contributed by atoms with Crippen LogP contribution in [0.2, 0.25) is 4.34 Å². The van der Waals surface area contributed by atoms with Crippen molar-refractivity contribution < 1.29 is 0 Å². The fourth-order valence-electron chi connectivity index (χ4n) is 1.38. The monoisotopic (exact) mass is 241 g/mol. The highest BCUT2D eigenvalue weighted by atomic mass is 35.5. The maximum atomic E-state index is 5.89. The first-order valence-corrected chi connectivity index (χ1v) is 5.90. The summed E-state index contributed by atoms with van der Waals surface area (Å²) in [5, 5.41) is 9.52. The number of rotatable bonds is 3. The van der Waals surface area contributed by atoms with Crippen LogP contribution in [0.25, 0.3) is 0 Å². The standard InChI is InChI=1S/C10H12ClN3S/c1-7(8-3-10(11)15-6-8)13-9-4-12-14(2)5-9/h3-7,13H,1-2H3. The molecule has 2 heterocycles. The van der Waals surface area contributed by atoms with Crippen molar-refractivity contribution in [3.05, 3.63) is 33.7 Å². The molecule has 0 fully saturated rings. The fourth-order valence-corrected chi connectivity index (χ4v) is 2.36. The summed E-state index contributed by atoms with van der Waals surface area (Å²) in [5.74, 6) is 0. The van der Waals surface area contributed by atoms with Gasteiger partial charge in [-0.3, -0.25) is 4.68 Å². The van der Waals surface area contributed by atoms with Crippen molar-refractivity contribution in [2.24, 2.45) is 7.05 Å². The minimum absolute atomic E-state index is 0.248. The summed E-state index contributed by atoms with van der Waals surface area (Å²) >= 11 is 7.44. The van der Waals surface area contributed by atoms with Gasteiger partial charge in [-0.25, -0.2) is 0 Å². The van der Waals surface area contributed by atoms with E-state index in [2.05, 4.69) is 22.7 Å². The number of aryl methyl sites for hydroxylation is 1. The van der Waals surface area contributed by atoms with Gasteiger partial charge in [0.1, 0.15) is 0 Å². The molecule has 0 saturated carbocycles. The lowest BCUT2D eigenvalue weighted by atomic mass is 10.2. The summed E-state index contributed by atoms with van der Waals surface area (Å²) in [6, 6.07) is 2.23. The Hall–Kier alpha value is -1.00. The molecule has 2 rings (SSSR count). The Morgan fingerprint density at radius 3 is 2.93 bits per heavy atom. The first-order chi connectivity index (χ1) is 7.15. The van der Waals surface area contributed by atoms with E-state index < -0.39 is 0 Å². The number of anilines is 1. The summed E-state index contributed by atoms with van der Waals surface area (Å²) in [6.07, 6.45) is 3.76. The Bertz CT molecular complexity index is 449. The zero-order chi connectivity index (χ0) is 10.8. The molecule has 0 saturated heterocycles. The van der Waals surface area contributed by atoms with Crippen LogP contribution in [0.1, 0.15) is 18.5 Å². The summed E-state index contributed by atoms with van der Waals surface area (Å²) in [5.41, 5.74) is 2.22. The highest BCUT2D eigenvalue weighted by Gasteiger charge is 2.08. The van der Waals surface area contributed by atoms with E-state index in [0.29, 0.717) is 0 Å². The maximum absolute atomic E-state index is 5.89. The van der Waals surface area contributed by atoms with Crippen LogP contribution in [-0.4, -0.2) is 9.78 Å². The summed E-state index contributed by atoms with van der Waals surface area (Å²) < 4.78 is 2.60. The van der Waals surface area contributed by atoms with Crippen molar-refractivity contribution in [3.63, 3.8) is 0 Å². The van der Waals surface area contributed by atoms with E-state index in [1.807, 2.05) is 25.5 Å². The molecule has 0 spiro atoms. The van der Waals surface area contributed by atoms with Crippen LogP contribution in [-0.2, 0) is 7.05 Å². The first-order valence-electron chi connectivity index (χ1n) is 4.64. The van der Waals surface area contributed by atoms with Gasteiger partial charge in [0, 0.05) is 19.3 Å². The van der Waals surface area contributed by atoms with E-state index in [1.165, 1.54) is 5.56 Å². The van der Waals surface area contributed by atoms with E-state index in [1.54, 1.807) is 16.0 Å². The van der Waals surface area contributed by atoms with Gasteiger partial charge in [-0.2, -0.15) is 5.10 Å². The Labute approximate surface area is 97.7 Å². The van der Waals surface area contributed by atoms with Crippen LogP contribution in [0.15, 0.2) is 23.8 Å². The fraction of sp³-hybridized carbons (Fsp3) is 0.300. The molecular weight excluding hydrogens is 230 g/mol. The van der Waals surface area contributed by atoms with Crippen molar-refractivity contribution in [2.75, 3.05) is 5.32 Å². The van der Waals surface area contributed by atoms with Gasteiger partial charge < -0.3 is 5.32 Å². The van der Waals surface area contributed by atoms with Crippen LogP contribution in [0.3, 0.4) is 0 Å². The second kappa shape index (κ2) is 4.24. The average Bonchev–Trinajstić information content (AvgIpc) is 2.75. The normalized spacial score (nSPS) is 12.7. The molecular formula is C10H12ClN3S. The van der Waals surface area contributed by atoms with Crippen molar-refractivity contribution in [1.82, 2.24) is 9.78 Å². The average molecular weight is 242 g/mol. The van der Waals surface area contributed by atoms with Gasteiger partial charge in [-0.05, 0) is 23.9 Å². The number of halogens is 1. The Morgan fingerprint density at radius 1 is 1.60 bits per heavy atom. The molecule has 15 heavy (non-hydrogen) atoms. The van der Waals surface area contributed by atoms with Crippen LogP contribution < -0.4 is 5.32 Å². The predicted molar refractivity (Wildman–Crippen MR) is 64.6 cm³/mol. The third-order valence-corrected chi connectivity index (χ3v) is 3.29. The van der Waals surface area contributed by atoms with Crippen LogP contribution in [0.5, 0.6) is 0 Å². The second-order valence-electron chi connectivity index (χ2n) is 3.45. The molecule has 1 atom stereocenters. The highest BCUT2D eigenvalue weighted by molar-refractivity contribution is 7.14. The quantitative estimate of drug-likeness (QED) is 0.894. The molecule has 0 bridgehead atoms. The van der Waals surface area contributed by atoms with Gasteiger partial charge in [0.15, 0.2) is 0 Å². The van der Waals surface area contributed by atoms with E-state index in [9.17, 15) is 0 Å². The van der Waals surface area contributed by atoms with Crippen LogP contribution in [0, 0.1) is 0 Å². The summed E-state index contributed by atoms with van der Waals surface area (Å²) in [4.78, 5) is 0. The van der Waals surface area contributed by atoms with Gasteiger partial charge in [0.05, 0.1) is 16.2 Å². The molecule has 0 amide bonds. The van der Waals surface area contributed by atoms with Crippen molar-refractivity contribution in [1.29, 1.82) is 0 Å². The molecule has 1 unspecified atom stereocenters. The summed E-state index contributed by atoms with van der Waals surface area (Å²) in [7, 11) is 1.90. The topological polar surface area (TPSA) is 29.9 Å². The third-order valence-electron chi connectivity index (χ3n) is 2.18. The SMILES string of the molecule is CC(Nc1cnn(C)c1)c1csc(Cl)c1. The Balaban J connectivity index is 2.06. The van der Waals surface area contributed by atoms with Crippen molar-refractivity contribution in [2.45, 2.75) is 13.0 Å². The minimum atomic E-state index is 0.248. The Kier molecular flexibility index (Phi) is 2.98. The number of hydrogen-bond donors (Lipinski definition) is 1. The smallest absolute Gasteiger partial charge is 0.0931 e. The lowest BCUT2D eigenvalue weighted by Gasteiger charge is -2.11. The van der Waals surface area contributed by atoms with E-state index in [4.69, 9.17) is 11.6 Å². The van der Waals surface area contributed by atoms with E-state index in [-0.39, 0.29) is 6.04 Å². The van der Waals surface area contributed by atoms with Gasteiger partial charge in [0.25, 0.3) is 0 Å². The van der Waals surface area contributed by atoms with Crippen molar-refractivity contribution >= 4 is 28.6 Å². The molecule has 2 aromatic heterocycles. The Morgan fingerprint density at radius 2 is 2.40 bits per heavy atom. The van der Waals surface area contributed by atoms with Gasteiger partial charge in [-0.15, -0.1) is 11.3 Å². The molecule has 0 aliphatic heterocycles. The molecule has 0 aliphatic carbocycles. The third kappa shape index (κ3) is 2.52. The molecule has 0 aromatic carbocycles. The zero-order valence-electron chi connectivity index (χ0n) is 8.57. The molecule has 2 aromatic rings. The van der Waals surface area contributed by atoms with Gasteiger partial charge in [0.2, 0.25) is 0 Å². The molecule has 0 aliphatic rings. The van der Waals surface area contributed by atoms with Crippen LogP contribution in [0.4, 0.5) is 5.69 Å². The lowest BCUT2D eigenvalue weighted by molar-refractivity contribution is 0.767. The van der Waals surface area contributed by atoms with Crippen molar-refractivity contribution in [3.8, 4) is 0 Å². The maximum Gasteiger partial charge on any atom is 0.0931 e. The molecule has 5 heteroatoms. The number of nitrogens with zero attached hydrogens (tertiary/aromatic N) is 2. The highest BCUT2D eigenvalue weighted by Crippen LogP contribution is 2.26. The number of nitrogens with one attached hydrogen (secondary N) is 1. The molecule has 80 valence electrons. The van der Waals surface area contributed by atoms with Gasteiger partial charge in [-0.1, -0.05) is 11.6 Å². The predicted octanol–water partition coefficient (Wildman–Crippen LogP) is 3.31.